The van der Waals surface area contributed by atoms with E-state index in [9.17, 15) is 14.0 Å². The van der Waals surface area contributed by atoms with E-state index in [2.05, 4.69) is 15.6 Å². The lowest BCUT2D eigenvalue weighted by molar-refractivity contribution is -0.111. The Balaban J connectivity index is 1.31. The maximum atomic E-state index is 14.3. The van der Waals surface area contributed by atoms with Gasteiger partial charge < -0.3 is 15.4 Å². The van der Waals surface area contributed by atoms with Crippen LogP contribution in [-0.4, -0.2) is 22.8 Å². The van der Waals surface area contributed by atoms with Crippen LogP contribution in [0.1, 0.15) is 41.6 Å². The molecule has 1 aliphatic rings. The van der Waals surface area contributed by atoms with E-state index in [0.717, 1.165) is 25.7 Å². The predicted octanol–water partition coefficient (Wildman–Crippen LogP) is 5.34. The maximum absolute atomic E-state index is 14.3. The van der Waals surface area contributed by atoms with Crippen molar-refractivity contribution in [1.82, 2.24) is 10.3 Å². The van der Waals surface area contributed by atoms with Crippen LogP contribution in [0.15, 0.2) is 73.1 Å². The van der Waals surface area contributed by atoms with Crippen molar-refractivity contribution < 1.29 is 18.7 Å². The van der Waals surface area contributed by atoms with E-state index in [1.54, 1.807) is 48.7 Å². The number of hydrogen-bond donors (Lipinski definition) is 2. The third-order valence-electron chi connectivity index (χ3n) is 5.35. The Hall–Kier alpha value is -4.00. The van der Waals surface area contributed by atoms with Gasteiger partial charge in [0.2, 0.25) is 5.91 Å². The second-order valence-electron chi connectivity index (χ2n) is 7.84. The molecular formula is C26H24FN3O3. The third kappa shape index (κ3) is 6.26. The number of anilines is 1. The number of hydrogen-bond acceptors (Lipinski definition) is 4. The van der Waals surface area contributed by atoms with Gasteiger partial charge in [-0.3, -0.25) is 14.6 Å². The number of nitrogens with one attached hydrogen (secondary N) is 2. The minimum absolute atomic E-state index is 0.0710. The molecule has 6 nitrogen and oxygen atoms in total. The van der Waals surface area contributed by atoms with Crippen molar-refractivity contribution in [2.45, 2.75) is 31.7 Å². The van der Waals surface area contributed by atoms with Gasteiger partial charge in [-0.1, -0.05) is 18.9 Å². The highest BCUT2D eigenvalue weighted by molar-refractivity contribution is 6.02. The van der Waals surface area contributed by atoms with E-state index in [1.807, 2.05) is 0 Å². The highest BCUT2D eigenvalue weighted by atomic mass is 19.1. The Morgan fingerprint density at radius 2 is 1.85 bits per heavy atom. The van der Waals surface area contributed by atoms with Crippen LogP contribution < -0.4 is 15.4 Å². The molecule has 1 aromatic heterocycles. The molecule has 2 aromatic carbocycles. The Morgan fingerprint density at radius 3 is 2.55 bits per heavy atom. The zero-order chi connectivity index (χ0) is 23.0. The average molecular weight is 445 g/mol. The summed E-state index contributed by atoms with van der Waals surface area (Å²) in [5, 5.41) is 5.76. The summed E-state index contributed by atoms with van der Waals surface area (Å²) in [6, 6.07) is 14.8. The first-order valence-corrected chi connectivity index (χ1v) is 10.8. The molecule has 1 heterocycles. The SMILES string of the molecule is O=C(/C=C/c1ccc(Oc2cccnc2)c(F)c1)Nc1ccc(C(=O)NC2CCCC2)cc1. The van der Waals surface area contributed by atoms with Crippen LogP contribution in [0.2, 0.25) is 0 Å². The first kappa shape index (κ1) is 22.2. The molecule has 0 aliphatic heterocycles. The summed E-state index contributed by atoms with van der Waals surface area (Å²) in [6.07, 6.45) is 10.3. The summed E-state index contributed by atoms with van der Waals surface area (Å²) >= 11 is 0. The first-order chi connectivity index (χ1) is 16.1. The van der Waals surface area contributed by atoms with Gasteiger partial charge in [-0.05, 0) is 73.0 Å². The van der Waals surface area contributed by atoms with Gasteiger partial charge in [0.1, 0.15) is 5.75 Å². The Morgan fingerprint density at radius 1 is 1.06 bits per heavy atom. The fourth-order valence-corrected chi connectivity index (χ4v) is 3.64. The van der Waals surface area contributed by atoms with Crippen LogP contribution >= 0.6 is 0 Å². The average Bonchev–Trinajstić information content (AvgIpc) is 3.33. The van der Waals surface area contributed by atoms with Gasteiger partial charge in [0, 0.05) is 29.6 Å². The van der Waals surface area contributed by atoms with Crippen molar-refractivity contribution in [2.24, 2.45) is 0 Å². The Kier molecular flexibility index (Phi) is 7.09. The van der Waals surface area contributed by atoms with Crippen molar-refractivity contribution in [3.63, 3.8) is 0 Å². The van der Waals surface area contributed by atoms with Crippen LogP contribution in [0, 0.1) is 5.82 Å². The molecule has 0 unspecified atom stereocenters. The molecule has 1 fully saturated rings. The van der Waals surface area contributed by atoms with Crippen molar-refractivity contribution in [1.29, 1.82) is 0 Å². The molecular weight excluding hydrogens is 421 g/mol. The van der Waals surface area contributed by atoms with Gasteiger partial charge in [-0.25, -0.2) is 4.39 Å². The minimum Gasteiger partial charge on any atom is -0.453 e. The molecule has 0 saturated heterocycles. The van der Waals surface area contributed by atoms with Gasteiger partial charge in [-0.15, -0.1) is 0 Å². The molecule has 0 atom stereocenters. The molecule has 168 valence electrons. The fourth-order valence-electron chi connectivity index (χ4n) is 3.64. The largest absolute Gasteiger partial charge is 0.453 e. The lowest BCUT2D eigenvalue weighted by Crippen LogP contribution is -2.32. The number of aromatic nitrogens is 1. The monoisotopic (exact) mass is 445 g/mol. The number of halogens is 1. The zero-order valence-electron chi connectivity index (χ0n) is 18.0. The topological polar surface area (TPSA) is 80.3 Å². The van der Waals surface area contributed by atoms with E-state index in [1.165, 1.54) is 30.5 Å². The number of rotatable bonds is 7. The van der Waals surface area contributed by atoms with Gasteiger partial charge in [-0.2, -0.15) is 0 Å². The summed E-state index contributed by atoms with van der Waals surface area (Å²) in [7, 11) is 0. The van der Waals surface area contributed by atoms with Gasteiger partial charge in [0.25, 0.3) is 5.91 Å². The molecule has 1 aliphatic carbocycles. The standard InChI is InChI=1S/C26H24FN3O3/c27-23-16-18(7-13-24(23)33-22-6-3-15-28-17-22)8-14-25(31)29-21-11-9-19(10-12-21)26(32)30-20-4-1-2-5-20/h3,6-17,20H,1-2,4-5H2,(H,29,31)(H,30,32)/b14-8+. The van der Waals surface area contributed by atoms with Crippen LogP contribution in [-0.2, 0) is 4.79 Å². The Labute approximate surface area is 191 Å². The first-order valence-electron chi connectivity index (χ1n) is 10.8. The molecule has 0 bridgehead atoms. The number of pyridine rings is 1. The number of carbonyl (C=O) groups excluding carboxylic acids is 2. The van der Waals surface area contributed by atoms with Crippen LogP contribution in [0.4, 0.5) is 10.1 Å². The van der Waals surface area contributed by atoms with Gasteiger partial charge in [0.05, 0.1) is 6.20 Å². The molecule has 0 radical (unpaired) electrons. The number of nitrogens with zero attached hydrogens (tertiary/aromatic N) is 1. The summed E-state index contributed by atoms with van der Waals surface area (Å²) in [5.74, 6) is -0.512. The summed E-state index contributed by atoms with van der Waals surface area (Å²) < 4.78 is 19.8. The lowest BCUT2D eigenvalue weighted by atomic mass is 10.1. The number of benzene rings is 2. The minimum atomic E-state index is -0.548. The van der Waals surface area contributed by atoms with E-state index >= 15 is 0 Å². The van der Waals surface area contributed by atoms with Gasteiger partial charge in [0.15, 0.2) is 11.6 Å². The molecule has 3 aromatic rings. The van der Waals surface area contributed by atoms with Crippen molar-refractivity contribution in [3.8, 4) is 11.5 Å². The van der Waals surface area contributed by atoms with E-state index in [4.69, 9.17) is 4.74 Å². The van der Waals surface area contributed by atoms with E-state index in [0.29, 0.717) is 22.6 Å². The molecule has 7 heteroatoms. The molecule has 2 N–H and O–H groups in total. The lowest BCUT2D eigenvalue weighted by Gasteiger charge is -2.12. The number of carbonyl (C=O) groups is 2. The second-order valence-corrected chi connectivity index (χ2v) is 7.84. The summed E-state index contributed by atoms with van der Waals surface area (Å²) in [4.78, 5) is 28.4. The maximum Gasteiger partial charge on any atom is 0.251 e. The molecule has 0 spiro atoms. The second kappa shape index (κ2) is 10.5. The molecule has 2 amide bonds. The summed E-state index contributed by atoms with van der Waals surface area (Å²) in [5.41, 5.74) is 1.63. The normalized spacial score (nSPS) is 13.7. The summed E-state index contributed by atoms with van der Waals surface area (Å²) in [6.45, 7) is 0. The smallest absolute Gasteiger partial charge is 0.251 e. The highest BCUT2D eigenvalue weighted by Gasteiger charge is 2.17. The highest BCUT2D eigenvalue weighted by Crippen LogP contribution is 2.25. The third-order valence-corrected chi connectivity index (χ3v) is 5.35. The molecule has 33 heavy (non-hydrogen) atoms. The van der Waals surface area contributed by atoms with Crippen LogP contribution in [0.5, 0.6) is 11.5 Å². The van der Waals surface area contributed by atoms with Crippen molar-refractivity contribution >= 4 is 23.6 Å². The van der Waals surface area contributed by atoms with Gasteiger partial charge >= 0.3 is 0 Å². The zero-order valence-corrected chi connectivity index (χ0v) is 18.0. The number of amides is 2. The van der Waals surface area contributed by atoms with Crippen molar-refractivity contribution in [2.75, 3.05) is 5.32 Å². The predicted molar refractivity (Wildman–Crippen MR) is 125 cm³/mol. The van der Waals surface area contributed by atoms with Crippen LogP contribution in [0.25, 0.3) is 6.08 Å². The van der Waals surface area contributed by atoms with E-state index in [-0.39, 0.29) is 23.6 Å². The van der Waals surface area contributed by atoms with Crippen molar-refractivity contribution in [3.05, 3.63) is 90.0 Å². The fraction of sp³-hybridized carbons (Fsp3) is 0.192. The van der Waals surface area contributed by atoms with Crippen LogP contribution in [0.3, 0.4) is 0 Å². The Bertz CT molecular complexity index is 1140. The molecule has 1 saturated carbocycles. The molecule has 4 rings (SSSR count). The number of ether oxygens (including phenoxy) is 1. The quantitative estimate of drug-likeness (QED) is 0.481. The van der Waals surface area contributed by atoms with E-state index < -0.39 is 5.82 Å².